The van der Waals surface area contributed by atoms with Gasteiger partial charge < -0.3 is 9.25 Å². The molecule has 0 N–H and O–H groups in total. The van der Waals surface area contributed by atoms with Gasteiger partial charge in [-0.25, -0.2) is 4.79 Å². The van der Waals surface area contributed by atoms with Gasteiger partial charge in [0, 0.05) is 12.6 Å². The van der Waals surface area contributed by atoms with Crippen molar-refractivity contribution in [3.63, 3.8) is 0 Å². The van der Waals surface area contributed by atoms with E-state index in [9.17, 15) is 4.79 Å². The van der Waals surface area contributed by atoms with Gasteiger partial charge in [-0.15, -0.1) is 0 Å². The summed E-state index contributed by atoms with van der Waals surface area (Å²) in [7, 11) is 1.55. The smallest absolute Gasteiger partial charge is 0.368 e. The van der Waals surface area contributed by atoms with Crippen LogP contribution in [0.25, 0.3) is 5.69 Å². The molecular weight excluding hydrogens is 310 g/mol. The molecule has 3 aromatic rings. The maximum absolute atomic E-state index is 12.1. The van der Waals surface area contributed by atoms with E-state index < -0.39 is 0 Å². The molecule has 0 spiro atoms. The van der Waals surface area contributed by atoms with Crippen molar-refractivity contribution >= 4 is 5.71 Å². The molecule has 8 nitrogen and oxygen atoms in total. The largest absolute Gasteiger partial charge is 0.463 e. The van der Waals surface area contributed by atoms with E-state index in [4.69, 9.17) is 9.25 Å². The maximum Gasteiger partial charge on any atom is 0.368 e. The third kappa shape index (κ3) is 2.98. The maximum atomic E-state index is 12.1. The molecule has 0 saturated heterocycles. The van der Waals surface area contributed by atoms with Crippen LogP contribution in [-0.2, 0) is 18.5 Å². The highest BCUT2D eigenvalue weighted by molar-refractivity contribution is 5.95. The zero-order valence-electron chi connectivity index (χ0n) is 13.6. The summed E-state index contributed by atoms with van der Waals surface area (Å²) in [4.78, 5) is 17.5. The summed E-state index contributed by atoms with van der Waals surface area (Å²) in [5.74, 6) is 0.644. The number of tetrazole rings is 1. The van der Waals surface area contributed by atoms with Crippen LogP contribution in [0.4, 0.5) is 0 Å². The van der Waals surface area contributed by atoms with Gasteiger partial charge in [0.1, 0.15) is 12.3 Å². The zero-order chi connectivity index (χ0) is 17.1. The first-order valence-corrected chi connectivity index (χ1v) is 7.36. The van der Waals surface area contributed by atoms with Crippen LogP contribution in [0.2, 0.25) is 0 Å². The molecule has 1 aromatic carbocycles. The Morgan fingerprint density at radius 3 is 2.79 bits per heavy atom. The van der Waals surface area contributed by atoms with Crippen LogP contribution in [0.15, 0.2) is 51.0 Å². The number of hydrogen-bond acceptors (Lipinski definition) is 6. The monoisotopic (exact) mass is 327 g/mol. The van der Waals surface area contributed by atoms with Crippen LogP contribution in [0.1, 0.15) is 23.8 Å². The molecule has 8 heteroatoms. The van der Waals surface area contributed by atoms with Crippen molar-refractivity contribution in [2.75, 3.05) is 0 Å². The van der Waals surface area contributed by atoms with E-state index in [1.807, 2.05) is 19.1 Å². The van der Waals surface area contributed by atoms with Gasteiger partial charge in [0.15, 0.2) is 5.76 Å². The predicted molar refractivity (Wildman–Crippen MR) is 87.0 cm³/mol. The second kappa shape index (κ2) is 6.53. The van der Waals surface area contributed by atoms with Gasteiger partial charge in [-0.3, -0.25) is 0 Å². The third-order valence-electron chi connectivity index (χ3n) is 3.62. The van der Waals surface area contributed by atoms with Crippen LogP contribution in [-0.4, -0.2) is 25.5 Å². The van der Waals surface area contributed by atoms with E-state index in [0.29, 0.717) is 17.2 Å². The number of nitrogens with zero attached hydrogens (tertiary/aromatic N) is 5. The lowest BCUT2D eigenvalue weighted by Crippen LogP contribution is -2.23. The molecule has 0 fully saturated rings. The molecule has 0 bridgehead atoms. The van der Waals surface area contributed by atoms with Gasteiger partial charge >= 0.3 is 5.69 Å². The Labute approximate surface area is 137 Å². The fourth-order valence-corrected chi connectivity index (χ4v) is 2.26. The summed E-state index contributed by atoms with van der Waals surface area (Å²) in [5, 5.41) is 11.7. The van der Waals surface area contributed by atoms with Crippen LogP contribution in [0.5, 0.6) is 0 Å². The van der Waals surface area contributed by atoms with Crippen LogP contribution >= 0.6 is 0 Å². The Kier molecular flexibility index (Phi) is 4.28. The molecule has 0 radical (unpaired) electrons. The first kappa shape index (κ1) is 15.7. The van der Waals surface area contributed by atoms with Crippen molar-refractivity contribution in [2.24, 2.45) is 12.2 Å². The first-order chi connectivity index (χ1) is 11.6. The van der Waals surface area contributed by atoms with E-state index >= 15 is 0 Å². The summed E-state index contributed by atoms with van der Waals surface area (Å²) in [6.07, 6.45) is 1.58. The zero-order valence-corrected chi connectivity index (χ0v) is 13.6. The van der Waals surface area contributed by atoms with Crippen LogP contribution in [0, 0.1) is 6.92 Å². The normalized spacial score (nSPS) is 11.7. The van der Waals surface area contributed by atoms with E-state index in [1.165, 1.54) is 9.36 Å². The van der Waals surface area contributed by atoms with Crippen molar-refractivity contribution in [1.29, 1.82) is 0 Å². The van der Waals surface area contributed by atoms with Crippen molar-refractivity contribution in [3.8, 4) is 5.69 Å². The Hall–Kier alpha value is -3.16. The van der Waals surface area contributed by atoms with Crippen molar-refractivity contribution in [2.45, 2.75) is 20.5 Å². The molecule has 0 atom stereocenters. The number of aromatic nitrogens is 4. The molecule has 3 rings (SSSR count). The summed E-state index contributed by atoms with van der Waals surface area (Å²) in [5.41, 5.74) is 2.72. The van der Waals surface area contributed by atoms with Crippen LogP contribution in [0.3, 0.4) is 0 Å². The second-order valence-electron chi connectivity index (χ2n) is 5.30. The molecule has 0 aliphatic rings. The molecule has 124 valence electrons. The molecule has 2 heterocycles. The Morgan fingerprint density at radius 2 is 2.12 bits per heavy atom. The number of oxime groups is 1. The van der Waals surface area contributed by atoms with Crippen molar-refractivity contribution in [3.05, 3.63) is 64.0 Å². The molecule has 24 heavy (non-hydrogen) atoms. The summed E-state index contributed by atoms with van der Waals surface area (Å²) in [6.45, 7) is 3.93. The summed E-state index contributed by atoms with van der Waals surface area (Å²) in [6, 6.07) is 9.18. The quantitative estimate of drug-likeness (QED) is 0.527. The lowest BCUT2D eigenvalue weighted by atomic mass is 10.1. The van der Waals surface area contributed by atoms with Crippen molar-refractivity contribution in [1.82, 2.24) is 19.8 Å². The average molecular weight is 327 g/mol. The minimum Gasteiger partial charge on any atom is -0.463 e. The standard InChI is InChI=1S/C16H17N5O3/c1-11-6-4-7-14(21-16(22)20(3)18-19-21)13(11)10-24-17-12(2)15-8-5-9-23-15/h4-9H,10H2,1-3H3. The van der Waals surface area contributed by atoms with Gasteiger partial charge in [0.05, 0.1) is 12.0 Å². The molecule has 0 aliphatic carbocycles. The van der Waals surface area contributed by atoms with Gasteiger partial charge in [-0.05, 0) is 48.0 Å². The Balaban J connectivity index is 1.87. The SMILES string of the molecule is CC(=NOCc1c(C)cccc1-n1nnn(C)c1=O)c1ccco1. The lowest BCUT2D eigenvalue weighted by Gasteiger charge is -2.10. The molecule has 2 aromatic heterocycles. The lowest BCUT2D eigenvalue weighted by molar-refractivity contribution is 0.129. The topological polar surface area (TPSA) is 87.4 Å². The van der Waals surface area contributed by atoms with E-state index in [-0.39, 0.29) is 12.3 Å². The van der Waals surface area contributed by atoms with Gasteiger partial charge in [-0.2, -0.15) is 9.36 Å². The number of rotatable bonds is 5. The van der Waals surface area contributed by atoms with E-state index in [2.05, 4.69) is 15.6 Å². The van der Waals surface area contributed by atoms with Gasteiger partial charge in [0.25, 0.3) is 0 Å². The Morgan fingerprint density at radius 1 is 1.29 bits per heavy atom. The molecule has 0 amide bonds. The molecule has 0 saturated carbocycles. The molecule has 0 unspecified atom stereocenters. The van der Waals surface area contributed by atoms with Crippen molar-refractivity contribution < 1.29 is 9.25 Å². The van der Waals surface area contributed by atoms with Crippen LogP contribution < -0.4 is 5.69 Å². The second-order valence-corrected chi connectivity index (χ2v) is 5.30. The third-order valence-corrected chi connectivity index (χ3v) is 3.62. The predicted octanol–water partition coefficient (Wildman–Crippen LogP) is 1.81. The average Bonchev–Trinajstić information content (AvgIpc) is 3.20. The first-order valence-electron chi connectivity index (χ1n) is 7.36. The number of aryl methyl sites for hydroxylation is 2. The summed E-state index contributed by atoms with van der Waals surface area (Å²) < 4.78 is 7.67. The highest BCUT2D eigenvalue weighted by Gasteiger charge is 2.13. The Bertz CT molecular complexity index is 922. The number of hydrogen-bond donors (Lipinski definition) is 0. The van der Waals surface area contributed by atoms with E-state index in [1.54, 1.807) is 38.4 Å². The van der Waals surface area contributed by atoms with E-state index in [0.717, 1.165) is 11.1 Å². The van der Waals surface area contributed by atoms with Gasteiger partial charge in [-0.1, -0.05) is 17.3 Å². The number of benzene rings is 1. The fraction of sp³-hybridized carbons (Fsp3) is 0.250. The fourth-order valence-electron chi connectivity index (χ4n) is 2.26. The molecule has 0 aliphatic heterocycles. The highest BCUT2D eigenvalue weighted by Crippen LogP contribution is 2.18. The minimum absolute atomic E-state index is 0.197. The van der Waals surface area contributed by atoms with Gasteiger partial charge in [0.2, 0.25) is 0 Å². The highest BCUT2D eigenvalue weighted by atomic mass is 16.6. The summed E-state index contributed by atoms with van der Waals surface area (Å²) >= 11 is 0. The number of furan rings is 1. The minimum atomic E-state index is -0.322. The molecular formula is C16H17N5O3.